The van der Waals surface area contributed by atoms with Crippen LogP contribution in [0.1, 0.15) is 5.56 Å². The second-order valence-electron chi connectivity index (χ2n) is 4.24. The number of rotatable bonds is 5. The van der Waals surface area contributed by atoms with E-state index in [1.165, 1.54) is 7.11 Å². The van der Waals surface area contributed by atoms with Gasteiger partial charge in [0.2, 0.25) is 0 Å². The zero-order valence-corrected chi connectivity index (χ0v) is 10.9. The second kappa shape index (κ2) is 6.12. The lowest BCUT2D eigenvalue weighted by molar-refractivity contribution is -0.148. The molecule has 1 atom stereocenters. The van der Waals surface area contributed by atoms with Gasteiger partial charge in [-0.25, -0.2) is 10.4 Å². The zero-order chi connectivity index (χ0) is 14.5. The number of amides is 2. The molecule has 1 N–H and O–H groups in total. The number of esters is 1. The van der Waals surface area contributed by atoms with Crippen molar-refractivity contribution >= 4 is 17.8 Å². The molecule has 2 rings (SSSR count). The summed E-state index contributed by atoms with van der Waals surface area (Å²) in [6.45, 7) is 0. The molecule has 6 heteroatoms. The first-order valence-corrected chi connectivity index (χ1v) is 6.06. The summed E-state index contributed by atoms with van der Waals surface area (Å²) in [4.78, 5) is 34.7. The average molecular weight is 274 g/mol. The van der Waals surface area contributed by atoms with Crippen LogP contribution in [0, 0.1) is 0 Å². The number of benzene rings is 1. The van der Waals surface area contributed by atoms with Crippen LogP contribution in [0.4, 0.5) is 0 Å². The zero-order valence-electron chi connectivity index (χ0n) is 10.9. The first kappa shape index (κ1) is 14.0. The van der Waals surface area contributed by atoms with Crippen molar-refractivity contribution in [2.24, 2.45) is 0 Å². The molecule has 1 aromatic rings. The van der Waals surface area contributed by atoms with Gasteiger partial charge in [0, 0.05) is 18.6 Å². The van der Waals surface area contributed by atoms with E-state index < -0.39 is 23.8 Å². The SMILES string of the molecule is COC(=O)[C@@H](Cc1ccccc1)NN1C(=O)C=CC1=O. The molecule has 6 nitrogen and oxygen atoms in total. The van der Waals surface area contributed by atoms with Crippen LogP contribution in [0.15, 0.2) is 42.5 Å². The number of carbonyl (C=O) groups excluding carboxylic acids is 3. The molecule has 104 valence electrons. The molecule has 2 amide bonds. The van der Waals surface area contributed by atoms with E-state index in [0.717, 1.165) is 22.7 Å². The third-order valence-corrected chi connectivity index (χ3v) is 2.86. The number of methoxy groups -OCH3 is 1. The van der Waals surface area contributed by atoms with Crippen molar-refractivity contribution in [2.45, 2.75) is 12.5 Å². The summed E-state index contributed by atoms with van der Waals surface area (Å²) in [6, 6.07) is 8.44. The van der Waals surface area contributed by atoms with E-state index in [2.05, 4.69) is 5.43 Å². The lowest BCUT2D eigenvalue weighted by atomic mass is 10.1. The molecule has 0 bridgehead atoms. The van der Waals surface area contributed by atoms with Gasteiger partial charge in [0.1, 0.15) is 6.04 Å². The molecule has 0 unspecified atom stereocenters. The van der Waals surface area contributed by atoms with E-state index in [9.17, 15) is 14.4 Å². The van der Waals surface area contributed by atoms with E-state index in [0.29, 0.717) is 6.42 Å². The van der Waals surface area contributed by atoms with Gasteiger partial charge in [-0.05, 0) is 5.56 Å². The highest BCUT2D eigenvalue weighted by Gasteiger charge is 2.29. The second-order valence-corrected chi connectivity index (χ2v) is 4.24. The number of hydrogen-bond donors (Lipinski definition) is 1. The first-order chi connectivity index (χ1) is 9.61. The number of nitrogens with zero attached hydrogens (tertiary/aromatic N) is 1. The lowest BCUT2D eigenvalue weighted by Gasteiger charge is -2.22. The molecule has 1 aliphatic rings. The Morgan fingerprint density at radius 3 is 2.35 bits per heavy atom. The molecule has 0 fully saturated rings. The normalized spacial score (nSPS) is 15.6. The standard InChI is InChI=1S/C14H14N2O4/c1-20-14(19)11(9-10-5-3-2-4-6-10)15-16-12(17)7-8-13(16)18/h2-8,11,15H,9H2,1H3/t11-/m1/s1. The number of carbonyl (C=O) groups is 3. The maximum atomic E-state index is 11.8. The summed E-state index contributed by atoms with van der Waals surface area (Å²) in [5.41, 5.74) is 3.50. The smallest absolute Gasteiger partial charge is 0.325 e. The molecule has 0 spiro atoms. The van der Waals surface area contributed by atoms with Gasteiger partial charge in [-0.1, -0.05) is 30.3 Å². The van der Waals surface area contributed by atoms with Crippen LogP contribution in [0.5, 0.6) is 0 Å². The van der Waals surface area contributed by atoms with E-state index in [1.807, 2.05) is 30.3 Å². The van der Waals surface area contributed by atoms with Crippen LogP contribution < -0.4 is 5.43 Å². The van der Waals surface area contributed by atoms with Crippen molar-refractivity contribution in [3.63, 3.8) is 0 Å². The number of imide groups is 1. The maximum Gasteiger partial charge on any atom is 0.325 e. The quantitative estimate of drug-likeness (QED) is 0.613. The summed E-state index contributed by atoms with van der Waals surface area (Å²) in [5, 5.41) is 0.810. The Morgan fingerprint density at radius 1 is 1.20 bits per heavy atom. The average Bonchev–Trinajstić information content (AvgIpc) is 2.78. The Labute approximate surface area is 116 Å². The Morgan fingerprint density at radius 2 is 1.80 bits per heavy atom. The summed E-state index contributed by atoms with van der Waals surface area (Å²) in [5.74, 6) is -1.55. The Balaban J connectivity index is 2.10. The number of nitrogens with one attached hydrogen (secondary N) is 1. The number of hydrazine groups is 1. The van der Waals surface area contributed by atoms with Gasteiger partial charge < -0.3 is 4.74 Å². The van der Waals surface area contributed by atoms with Gasteiger partial charge in [-0.2, -0.15) is 0 Å². The minimum absolute atomic E-state index is 0.310. The van der Waals surface area contributed by atoms with Crippen LogP contribution >= 0.6 is 0 Å². The van der Waals surface area contributed by atoms with Crippen molar-refractivity contribution in [3.05, 3.63) is 48.0 Å². The topological polar surface area (TPSA) is 75.7 Å². The van der Waals surface area contributed by atoms with Gasteiger partial charge in [-0.15, -0.1) is 0 Å². The Hall–Kier alpha value is -2.47. The summed E-state index contributed by atoms with van der Waals surface area (Å²) >= 11 is 0. The van der Waals surface area contributed by atoms with Crippen molar-refractivity contribution in [1.29, 1.82) is 0 Å². The predicted molar refractivity (Wildman–Crippen MR) is 70.1 cm³/mol. The molecule has 1 heterocycles. The number of hydrogen-bond acceptors (Lipinski definition) is 5. The van der Waals surface area contributed by atoms with Gasteiger partial charge in [0.25, 0.3) is 11.8 Å². The molecule has 0 aliphatic carbocycles. The summed E-state index contributed by atoms with van der Waals surface area (Å²) < 4.78 is 4.69. The monoisotopic (exact) mass is 274 g/mol. The Bertz CT molecular complexity index is 536. The van der Waals surface area contributed by atoms with Crippen molar-refractivity contribution < 1.29 is 19.1 Å². The van der Waals surface area contributed by atoms with Crippen molar-refractivity contribution in [2.75, 3.05) is 7.11 Å². The van der Waals surface area contributed by atoms with E-state index >= 15 is 0 Å². The van der Waals surface area contributed by atoms with Crippen LogP contribution in [0.3, 0.4) is 0 Å². The van der Waals surface area contributed by atoms with Crippen LogP contribution in [0.2, 0.25) is 0 Å². The third-order valence-electron chi connectivity index (χ3n) is 2.86. The van der Waals surface area contributed by atoms with Gasteiger partial charge >= 0.3 is 5.97 Å². The number of ether oxygens (including phenoxy) is 1. The summed E-state index contributed by atoms with van der Waals surface area (Å²) in [6.07, 6.45) is 2.60. The molecule has 1 aromatic carbocycles. The molecule has 0 aromatic heterocycles. The highest BCUT2D eigenvalue weighted by Crippen LogP contribution is 2.07. The summed E-state index contributed by atoms with van der Waals surface area (Å²) in [7, 11) is 1.26. The highest BCUT2D eigenvalue weighted by atomic mass is 16.5. The molecule has 20 heavy (non-hydrogen) atoms. The van der Waals surface area contributed by atoms with Gasteiger partial charge in [0.05, 0.1) is 7.11 Å². The maximum absolute atomic E-state index is 11.8. The lowest BCUT2D eigenvalue weighted by Crippen LogP contribution is -2.52. The molecule has 0 saturated heterocycles. The van der Waals surface area contributed by atoms with Crippen molar-refractivity contribution in [3.8, 4) is 0 Å². The van der Waals surface area contributed by atoms with Crippen LogP contribution in [0.25, 0.3) is 0 Å². The molecular formula is C14H14N2O4. The highest BCUT2D eigenvalue weighted by molar-refractivity contribution is 6.12. The molecule has 0 radical (unpaired) electrons. The van der Waals surface area contributed by atoms with Gasteiger partial charge in [0.15, 0.2) is 0 Å². The van der Waals surface area contributed by atoms with E-state index in [1.54, 1.807) is 0 Å². The fourth-order valence-corrected chi connectivity index (χ4v) is 1.86. The van der Waals surface area contributed by atoms with E-state index in [-0.39, 0.29) is 0 Å². The first-order valence-electron chi connectivity index (χ1n) is 6.06. The minimum atomic E-state index is -0.810. The van der Waals surface area contributed by atoms with Gasteiger partial charge in [-0.3, -0.25) is 14.4 Å². The van der Waals surface area contributed by atoms with Crippen LogP contribution in [-0.4, -0.2) is 35.9 Å². The predicted octanol–water partition coefficient (Wildman–Crippen LogP) is 0.200. The molecule has 1 aliphatic heterocycles. The minimum Gasteiger partial charge on any atom is -0.468 e. The Kier molecular flexibility index (Phi) is 4.27. The third kappa shape index (κ3) is 3.10. The van der Waals surface area contributed by atoms with Crippen LogP contribution in [-0.2, 0) is 25.5 Å². The molecule has 0 saturated carbocycles. The van der Waals surface area contributed by atoms with Crippen molar-refractivity contribution in [1.82, 2.24) is 10.4 Å². The fraction of sp³-hybridized carbons (Fsp3) is 0.214. The van der Waals surface area contributed by atoms with E-state index in [4.69, 9.17) is 4.74 Å². The largest absolute Gasteiger partial charge is 0.468 e. The molecular weight excluding hydrogens is 260 g/mol. The fourth-order valence-electron chi connectivity index (χ4n) is 1.86.